The number of piperazine rings is 1. The van der Waals surface area contributed by atoms with Gasteiger partial charge in [0.15, 0.2) is 5.82 Å². The summed E-state index contributed by atoms with van der Waals surface area (Å²) in [7, 11) is 0.0830. The van der Waals surface area contributed by atoms with E-state index in [9.17, 15) is 5.26 Å². The van der Waals surface area contributed by atoms with Gasteiger partial charge in [-0.25, -0.2) is 4.39 Å². The number of nitriles is 1. The molecule has 2 atom stereocenters. The van der Waals surface area contributed by atoms with Gasteiger partial charge < -0.3 is 19.9 Å². The van der Waals surface area contributed by atoms with E-state index in [-0.39, 0.29) is 29.3 Å². The van der Waals surface area contributed by atoms with Gasteiger partial charge in [-0.05, 0) is 54.5 Å². The molecule has 2 saturated heterocycles. The number of likely N-dealkylation sites (N-methyl/N-ethyl adjacent to an activating group) is 1. The Labute approximate surface area is 297 Å². The Morgan fingerprint density at radius 3 is 2.46 bits per heavy atom. The van der Waals surface area contributed by atoms with Crippen molar-refractivity contribution >= 4 is 35.6 Å². The molecular weight excluding hydrogens is 642 g/mol. The SMILES string of the molecule is CC(C)[Si](C#Cc1cccc2cccc(-c3ncc4c(N5CCNC(CC#N)C5)nc(OCC5CCCN5C)nc4c3F)c12)(C(C)C)C(C)C. The second kappa shape index (κ2) is 15.0. The fourth-order valence-corrected chi connectivity index (χ4v) is 13.6. The number of nitrogens with zero attached hydrogens (tertiary/aromatic N) is 6. The monoisotopic (exact) mass is 691 g/mol. The number of hydrogen-bond acceptors (Lipinski definition) is 8. The van der Waals surface area contributed by atoms with Gasteiger partial charge in [0.25, 0.3) is 0 Å². The van der Waals surface area contributed by atoms with Crippen molar-refractivity contribution < 1.29 is 9.13 Å². The van der Waals surface area contributed by atoms with E-state index in [1.165, 1.54) is 0 Å². The summed E-state index contributed by atoms with van der Waals surface area (Å²) in [5, 5.41) is 15.2. The molecule has 2 unspecified atom stereocenters. The number of halogens is 1. The molecule has 0 radical (unpaired) electrons. The minimum atomic E-state index is -2.02. The third-order valence-electron chi connectivity index (χ3n) is 11.1. The van der Waals surface area contributed by atoms with Gasteiger partial charge in [-0.15, -0.1) is 5.54 Å². The molecule has 0 bridgehead atoms. The zero-order valence-electron chi connectivity index (χ0n) is 30.6. The van der Waals surface area contributed by atoms with Crippen LogP contribution < -0.4 is 15.0 Å². The van der Waals surface area contributed by atoms with Gasteiger partial charge in [0.1, 0.15) is 31.7 Å². The Morgan fingerprint density at radius 2 is 1.78 bits per heavy atom. The van der Waals surface area contributed by atoms with Crippen LogP contribution in [0, 0.1) is 28.6 Å². The van der Waals surface area contributed by atoms with Gasteiger partial charge in [-0.1, -0.05) is 77.8 Å². The highest BCUT2D eigenvalue weighted by Crippen LogP contribution is 2.41. The van der Waals surface area contributed by atoms with Crippen molar-refractivity contribution in [2.75, 3.05) is 44.7 Å². The van der Waals surface area contributed by atoms with Crippen LogP contribution in [0.25, 0.3) is 32.9 Å². The van der Waals surface area contributed by atoms with Crippen LogP contribution in [-0.2, 0) is 0 Å². The highest BCUT2D eigenvalue weighted by Gasteiger charge is 2.41. The first-order chi connectivity index (χ1) is 24.0. The van der Waals surface area contributed by atoms with E-state index in [0.29, 0.717) is 66.1 Å². The lowest BCUT2D eigenvalue weighted by atomic mass is 9.96. The minimum absolute atomic E-state index is 0.0218. The molecule has 0 spiro atoms. The van der Waals surface area contributed by atoms with Gasteiger partial charge >= 0.3 is 6.01 Å². The molecule has 2 fully saturated rings. The average Bonchev–Trinajstić information content (AvgIpc) is 3.51. The third kappa shape index (κ3) is 6.82. The van der Waals surface area contributed by atoms with Crippen LogP contribution in [0.5, 0.6) is 6.01 Å². The second-order valence-electron chi connectivity index (χ2n) is 14.9. The predicted molar refractivity (Wildman–Crippen MR) is 204 cm³/mol. The number of ether oxygens (including phenoxy) is 1. The number of benzene rings is 2. The van der Waals surface area contributed by atoms with E-state index in [1.807, 2.05) is 24.3 Å². The van der Waals surface area contributed by atoms with Crippen molar-refractivity contribution in [2.45, 2.75) is 89.5 Å². The number of anilines is 1. The first kappa shape index (κ1) is 35.7. The van der Waals surface area contributed by atoms with E-state index in [4.69, 9.17) is 19.7 Å². The topological polar surface area (TPSA) is 90.2 Å². The summed E-state index contributed by atoms with van der Waals surface area (Å²) >= 11 is 0. The van der Waals surface area contributed by atoms with Crippen LogP contribution in [0.4, 0.5) is 10.2 Å². The minimum Gasteiger partial charge on any atom is -0.462 e. The van der Waals surface area contributed by atoms with Gasteiger partial charge in [0, 0.05) is 54.4 Å². The zero-order chi connectivity index (χ0) is 35.6. The van der Waals surface area contributed by atoms with E-state index >= 15 is 4.39 Å². The van der Waals surface area contributed by atoms with E-state index in [1.54, 1.807) is 6.20 Å². The highest BCUT2D eigenvalue weighted by molar-refractivity contribution is 6.90. The molecule has 8 nitrogen and oxygen atoms in total. The Balaban J connectivity index is 1.50. The molecule has 10 heteroatoms. The molecule has 0 saturated carbocycles. The third-order valence-corrected chi connectivity index (χ3v) is 17.3. The molecule has 4 heterocycles. The number of nitrogens with one attached hydrogen (secondary N) is 1. The first-order valence-corrected chi connectivity index (χ1v) is 20.4. The Bertz CT molecular complexity index is 1940. The molecule has 2 aliphatic heterocycles. The molecular formula is C40H50FN7OSi. The van der Waals surface area contributed by atoms with Crippen molar-refractivity contribution in [3.63, 3.8) is 0 Å². The summed E-state index contributed by atoms with van der Waals surface area (Å²) in [6, 6.07) is 14.7. The molecule has 0 amide bonds. The summed E-state index contributed by atoms with van der Waals surface area (Å²) in [6.45, 7) is 17.2. The van der Waals surface area contributed by atoms with E-state index < -0.39 is 13.9 Å². The lowest BCUT2D eigenvalue weighted by molar-refractivity contribution is 0.188. The fourth-order valence-electron chi connectivity index (χ4n) is 8.39. The number of aromatic nitrogens is 3. The average molecular weight is 692 g/mol. The van der Waals surface area contributed by atoms with Crippen LogP contribution in [0.2, 0.25) is 16.6 Å². The summed E-state index contributed by atoms with van der Waals surface area (Å²) in [6.07, 6.45) is 4.22. The quantitative estimate of drug-likeness (QED) is 0.141. The normalized spacial score (nSPS) is 18.6. The lowest BCUT2D eigenvalue weighted by Crippen LogP contribution is -2.51. The van der Waals surface area contributed by atoms with E-state index in [2.05, 4.69) is 93.4 Å². The van der Waals surface area contributed by atoms with Crippen LogP contribution in [0.1, 0.15) is 66.4 Å². The van der Waals surface area contributed by atoms with Crippen LogP contribution in [0.3, 0.4) is 0 Å². The summed E-state index contributed by atoms with van der Waals surface area (Å²) < 4.78 is 23.3. The van der Waals surface area contributed by atoms with Crippen molar-refractivity contribution in [1.29, 1.82) is 5.26 Å². The zero-order valence-corrected chi connectivity index (χ0v) is 31.6. The Hall–Kier alpha value is -4.09. The van der Waals surface area contributed by atoms with Crippen LogP contribution in [-0.4, -0.2) is 79.8 Å². The molecule has 6 rings (SSSR count). The number of rotatable bonds is 9. The van der Waals surface area contributed by atoms with Crippen LogP contribution in [0.15, 0.2) is 42.6 Å². The molecule has 2 aliphatic rings. The number of pyridine rings is 1. The highest BCUT2D eigenvalue weighted by atomic mass is 28.3. The maximum atomic E-state index is 17.1. The molecule has 262 valence electrons. The predicted octanol–water partition coefficient (Wildman–Crippen LogP) is 7.72. The van der Waals surface area contributed by atoms with E-state index in [0.717, 1.165) is 35.7 Å². The van der Waals surface area contributed by atoms with Crippen molar-refractivity contribution in [2.24, 2.45) is 0 Å². The molecule has 0 aliphatic carbocycles. The van der Waals surface area contributed by atoms with Gasteiger partial charge in [0.05, 0.1) is 17.9 Å². The molecule has 1 N–H and O–H groups in total. The maximum Gasteiger partial charge on any atom is 0.319 e. The number of hydrogen-bond donors (Lipinski definition) is 1. The Kier molecular flexibility index (Phi) is 10.7. The second-order valence-corrected chi connectivity index (χ2v) is 20.5. The maximum absolute atomic E-state index is 17.1. The number of fused-ring (bicyclic) bond motifs is 2. The molecule has 2 aromatic heterocycles. The number of likely N-dealkylation sites (tertiary alicyclic amines) is 1. The van der Waals surface area contributed by atoms with Crippen molar-refractivity contribution in [3.8, 4) is 34.8 Å². The Morgan fingerprint density at radius 1 is 1.04 bits per heavy atom. The first-order valence-electron chi connectivity index (χ1n) is 18.1. The summed E-state index contributed by atoms with van der Waals surface area (Å²) in [5.74, 6) is 3.71. The van der Waals surface area contributed by atoms with Crippen LogP contribution >= 0.6 is 0 Å². The van der Waals surface area contributed by atoms with Gasteiger partial charge in [-0.3, -0.25) is 4.98 Å². The lowest BCUT2D eigenvalue weighted by Gasteiger charge is -2.38. The largest absolute Gasteiger partial charge is 0.462 e. The van der Waals surface area contributed by atoms with Crippen molar-refractivity contribution in [1.82, 2.24) is 25.2 Å². The van der Waals surface area contributed by atoms with Gasteiger partial charge in [-0.2, -0.15) is 15.2 Å². The molecule has 4 aromatic rings. The molecule has 2 aromatic carbocycles. The van der Waals surface area contributed by atoms with Gasteiger partial charge in [0.2, 0.25) is 0 Å². The fraction of sp³-hybridized carbons (Fsp3) is 0.500. The molecule has 50 heavy (non-hydrogen) atoms. The standard InChI is InChI=1S/C40H50FN7OSi/c1-26(2)50(27(3)4,28(5)6)22-17-30-12-8-11-29-13-9-15-33(35(29)30)37-36(41)38-34(23-44-37)39(48-21-19-43-31(24-48)16-18-42)46-40(45-38)49-25-32-14-10-20-47(32)7/h8-9,11-13,15,23,26-28,31-32,43H,10,14,16,19-21,24-25H2,1-7H3. The summed E-state index contributed by atoms with van der Waals surface area (Å²) in [4.78, 5) is 18.7. The summed E-state index contributed by atoms with van der Waals surface area (Å²) in [5.41, 5.74) is 7.33. The van der Waals surface area contributed by atoms with Crippen molar-refractivity contribution in [3.05, 3.63) is 54.0 Å². The smallest absolute Gasteiger partial charge is 0.319 e.